The first-order chi connectivity index (χ1) is 12.0. The maximum atomic E-state index is 11.9. The van der Waals surface area contributed by atoms with Gasteiger partial charge >= 0.3 is 0 Å². The van der Waals surface area contributed by atoms with E-state index in [4.69, 9.17) is 4.52 Å². The highest BCUT2D eigenvalue weighted by atomic mass is 16.5. The third kappa shape index (κ3) is 4.13. The van der Waals surface area contributed by atoms with E-state index in [1.54, 1.807) is 19.2 Å². The Labute approximate surface area is 146 Å². The van der Waals surface area contributed by atoms with Crippen LogP contribution in [0.3, 0.4) is 0 Å². The van der Waals surface area contributed by atoms with Gasteiger partial charge in [-0.1, -0.05) is 17.3 Å². The maximum Gasteiger partial charge on any atom is 0.239 e. The minimum Gasteiger partial charge on any atom is -0.360 e. The summed E-state index contributed by atoms with van der Waals surface area (Å²) in [5, 5.41) is 9.63. The molecule has 0 radical (unpaired) electrons. The van der Waals surface area contributed by atoms with E-state index >= 15 is 0 Å². The molecule has 0 aliphatic carbocycles. The summed E-state index contributed by atoms with van der Waals surface area (Å²) >= 11 is 0. The number of carbonyl (C=O) groups excluding carboxylic acids is 1. The second-order valence-corrected chi connectivity index (χ2v) is 5.91. The van der Waals surface area contributed by atoms with E-state index in [0.29, 0.717) is 11.6 Å². The number of hydrogen-bond donors (Lipinski definition) is 2. The Morgan fingerprint density at radius 1 is 1.28 bits per heavy atom. The van der Waals surface area contributed by atoms with Gasteiger partial charge in [-0.3, -0.25) is 4.79 Å². The monoisotopic (exact) mass is 339 g/mol. The fraction of sp³-hybridized carbons (Fsp3) is 0.278. The van der Waals surface area contributed by atoms with Crippen LogP contribution in [0.2, 0.25) is 0 Å². The molecule has 130 valence electrons. The number of benzene rings is 1. The van der Waals surface area contributed by atoms with Crippen LogP contribution in [0.5, 0.6) is 0 Å². The van der Waals surface area contributed by atoms with Gasteiger partial charge in [-0.25, -0.2) is 4.98 Å². The van der Waals surface area contributed by atoms with Gasteiger partial charge in [-0.2, -0.15) is 0 Å². The lowest BCUT2D eigenvalue weighted by molar-refractivity contribution is -0.115. The van der Waals surface area contributed by atoms with Crippen LogP contribution in [0, 0.1) is 13.8 Å². The van der Waals surface area contributed by atoms with Gasteiger partial charge in [-0.15, -0.1) is 0 Å². The van der Waals surface area contributed by atoms with Crippen molar-refractivity contribution in [2.24, 2.45) is 0 Å². The lowest BCUT2D eigenvalue weighted by atomic mass is 10.1. The molecule has 0 aliphatic rings. The van der Waals surface area contributed by atoms with E-state index in [-0.39, 0.29) is 18.5 Å². The van der Waals surface area contributed by atoms with E-state index < -0.39 is 0 Å². The van der Waals surface area contributed by atoms with Crippen LogP contribution in [0.1, 0.15) is 30.1 Å². The molecule has 1 amide bonds. The molecule has 0 fully saturated rings. The van der Waals surface area contributed by atoms with E-state index in [1.165, 1.54) is 0 Å². The van der Waals surface area contributed by atoms with Gasteiger partial charge in [0.2, 0.25) is 5.91 Å². The topological polar surface area (TPSA) is 85.0 Å². The van der Waals surface area contributed by atoms with Crippen molar-refractivity contribution in [2.75, 3.05) is 11.9 Å². The zero-order chi connectivity index (χ0) is 17.8. The summed E-state index contributed by atoms with van der Waals surface area (Å²) in [6.45, 7) is 5.95. The van der Waals surface area contributed by atoms with E-state index in [2.05, 4.69) is 20.8 Å². The highest BCUT2D eigenvalue weighted by Gasteiger charge is 2.10. The van der Waals surface area contributed by atoms with Crippen molar-refractivity contribution in [1.82, 2.24) is 20.0 Å². The van der Waals surface area contributed by atoms with Crippen LogP contribution in [0.4, 0.5) is 5.82 Å². The van der Waals surface area contributed by atoms with E-state index in [9.17, 15) is 4.79 Å². The third-order valence-electron chi connectivity index (χ3n) is 3.96. The molecule has 1 atom stereocenters. The smallest absolute Gasteiger partial charge is 0.239 e. The Morgan fingerprint density at radius 3 is 2.64 bits per heavy atom. The normalized spacial score (nSPS) is 12.1. The fourth-order valence-electron chi connectivity index (χ4n) is 2.55. The Morgan fingerprint density at radius 2 is 2.04 bits per heavy atom. The summed E-state index contributed by atoms with van der Waals surface area (Å²) in [5.41, 5.74) is 2.16. The molecule has 25 heavy (non-hydrogen) atoms. The van der Waals surface area contributed by atoms with Crippen LogP contribution >= 0.6 is 0 Å². The minimum atomic E-state index is -0.161. The Balaban J connectivity index is 1.55. The molecule has 7 nitrogen and oxygen atoms in total. The van der Waals surface area contributed by atoms with Crippen molar-refractivity contribution in [2.45, 2.75) is 26.8 Å². The van der Waals surface area contributed by atoms with E-state index in [0.717, 1.165) is 17.1 Å². The average Bonchev–Trinajstić information content (AvgIpc) is 3.21. The van der Waals surface area contributed by atoms with Gasteiger partial charge in [0.15, 0.2) is 5.82 Å². The maximum absolute atomic E-state index is 11.9. The summed E-state index contributed by atoms with van der Waals surface area (Å²) in [4.78, 5) is 16.2. The lowest BCUT2D eigenvalue weighted by Gasteiger charge is -2.15. The fourth-order valence-corrected chi connectivity index (χ4v) is 2.55. The van der Waals surface area contributed by atoms with Crippen LogP contribution in [-0.4, -0.2) is 27.2 Å². The molecule has 0 bridgehead atoms. The quantitative estimate of drug-likeness (QED) is 0.721. The van der Waals surface area contributed by atoms with Crippen LogP contribution in [-0.2, 0) is 4.79 Å². The number of imidazole rings is 1. The zero-order valence-corrected chi connectivity index (χ0v) is 14.5. The summed E-state index contributed by atoms with van der Waals surface area (Å²) in [7, 11) is 0. The molecule has 0 spiro atoms. The van der Waals surface area contributed by atoms with Gasteiger partial charge in [0, 0.05) is 30.2 Å². The molecule has 0 saturated heterocycles. The zero-order valence-electron chi connectivity index (χ0n) is 14.5. The predicted octanol–water partition coefficient (Wildman–Crippen LogP) is 2.77. The van der Waals surface area contributed by atoms with Gasteiger partial charge in [-0.05, 0) is 38.5 Å². The number of aromatic nitrogens is 3. The van der Waals surface area contributed by atoms with Crippen molar-refractivity contribution < 1.29 is 9.32 Å². The number of nitrogens with zero attached hydrogens (tertiary/aromatic N) is 3. The molecular weight excluding hydrogens is 318 g/mol. The minimum absolute atomic E-state index is 0.0442. The number of rotatable bonds is 6. The van der Waals surface area contributed by atoms with Crippen molar-refractivity contribution >= 4 is 11.7 Å². The van der Waals surface area contributed by atoms with Crippen molar-refractivity contribution in [3.63, 3.8) is 0 Å². The molecule has 0 saturated carbocycles. The Hall–Kier alpha value is -2.93. The second-order valence-electron chi connectivity index (χ2n) is 5.91. The number of anilines is 1. The molecule has 3 rings (SSSR count). The van der Waals surface area contributed by atoms with Gasteiger partial charge < -0.3 is 19.7 Å². The second kappa shape index (κ2) is 7.31. The molecule has 3 aromatic rings. The highest BCUT2D eigenvalue weighted by molar-refractivity contribution is 5.91. The largest absolute Gasteiger partial charge is 0.360 e. The Bertz CT molecular complexity index is 850. The van der Waals surface area contributed by atoms with E-state index in [1.807, 2.05) is 48.9 Å². The van der Waals surface area contributed by atoms with Gasteiger partial charge in [0.25, 0.3) is 0 Å². The summed E-state index contributed by atoms with van der Waals surface area (Å²) in [5.74, 6) is 1.87. The first kappa shape index (κ1) is 16.9. The number of nitrogens with one attached hydrogen (secondary N) is 2. The molecular formula is C18H21N5O2. The molecule has 1 aromatic carbocycles. The number of amides is 1. The van der Waals surface area contributed by atoms with Crippen molar-refractivity contribution in [1.29, 1.82) is 0 Å². The van der Waals surface area contributed by atoms with Crippen molar-refractivity contribution in [3.05, 3.63) is 59.9 Å². The number of carbonyl (C=O) groups is 1. The van der Waals surface area contributed by atoms with Crippen LogP contribution < -0.4 is 10.6 Å². The average molecular weight is 339 g/mol. The number of aryl methyl sites for hydroxylation is 2. The molecule has 2 aromatic heterocycles. The van der Waals surface area contributed by atoms with Crippen LogP contribution in [0.25, 0.3) is 5.69 Å². The molecule has 2 N–H and O–H groups in total. The SMILES string of the molecule is Cc1cc(NC(=O)CN[C@H](C)c2ccc(-n3ccnc3C)cc2)no1. The summed E-state index contributed by atoms with van der Waals surface area (Å²) < 4.78 is 6.94. The van der Waals surface area contributed by atoms with Gasteiger partial charge in [0.05, 0.1) is 6.54 Å². The molecule has 0 aliphatic heterocycles. The number of hydrogen-bond acceptors (Lipinski definition) is 5. The highest BCUT2D eigenvalue weighted by Crippen LogP contribution is 2.16. The Kier molecular flexibility index (Phi) is 4.95. The first-order valence-electron chi connectivity index (χ1n) is 8.10. The third-order valence-corrected chi connectivity index (χ3v) is 3.96. The van der Waals surface area contributed by atoms with Crippen LogP contribution in [0.15, 0.2) is 47.2 Å². The summed E-state index contributed by atoms with van der Waals surface area (Å²) in [6.07, 6.45) is 3.71. The van der Waals surface area contributed by atoms with Gasteiger partial charge in [0.1, 0.15) is 11.6 Å². The standard InChI is InChI=1S/C18H21N5O2/c1-12-10-17(22-25-12)21-18(24)11-20-13(2)15-4-6-16(7-5-15)23-9-8-19-14(23)3/h4-10,13,20H,11H2,1-3H3,(H,21,22,24)/t13-/m1/s1. The summed E-state index contributed by atoms with van der Waals surface area (Å²) in [6, 6.07) is 9.90. The molecule has 0 unspecified atom stereocenters. The molecule has 2 heterocycles. The first-order valence-corrected chi connectivity index (χ1v) is 8.10. The molecule has 7 heteroatoms. The predicted molar refractivity (Wildman–Crippen MR) is 94.6 cm³/mol. The lowest BCUT2D eigenvalue weighted by Crippen LogP contribution is -2.30. The van der Waals surface area contributed by atoms with Crippen molar-refractivity contribution in [3.8, 4) is 5.69 Å².